The van der Waals surface area contributed by atoms with Gasteiger partial charge < -0.3 is 15.3 Å². The standard InChI is InChI=1S/C18H25N3OS/c1-13(19-11-18-12-20-14(2)23-18)15-3-5-16(6-4-15)21-9-7-17(22)8-10-21/h3-6,12-13,17,19,22H,7-11H2,1-2H3. The first-order valence-corrected chi connectivity index (χ1v) is 9.11. The van der Waals surface area contributed by atoms with Gasteiger partial charge in [0.1, 0.15) is 0 Å². The zero-order valence-electron chi connectivity index (χ0n) is 13.8. The Kier molecular flexibility index (Phi) is 5.30. The first kappa shape index (κ1) is 16.4. The molecule has 1 aromatic carbocycles. The highest BCUT2D eigenvalue weighted by atomic mass is 32.1. The average Bonchev–Trinajstić information content (AvgIpc) is 2.99. The summed E-state index contributed by atoms with van der Waals surface area (Å²) in [6, 6.07) is 9.12. The number of piperidine rings is 1. The number of nitrogens with zero attached hydrogens (tertiary/aromatic N) is 2. The minimum Gasteiger partial charge on any atom is -0.393 e. The maximum atomic E-state index is 9.61. The van der Waals surface area contributed by atoms with Crippen molar-refractivity contribution in [3.8, 4) is 0 Å². The van der Waals surface area contributed by atoms with Gasteiger partial charge >= 0.3 is 0 Å². The normalized spacial score (nSPS) is 17.4. The summed E-state index contributed by atoms with van der Waals surface area (Å²) in [5.41, 5.74) is 2.55. The SMILES string of the molecule is Cc1ncc(CNC(C)c2ccc(N3CCC(O)CC3)cc2)s1. The Bertz CT molecular complexity index is 617. The van der Waals surface area contributed by atoms with E-state index in [4.69, 9.17) is 0 Å². The largest absolute Gasteiger partial charge is 0.393 e. The van der Waals surface area contributed by atoms with E-state index in [1.54, 1.807) is 11.3 Å². The number of aromatic nitrogens is 1. The third-order valence-electron chi connectivity index (χ3n) is 4.47. The Morgan fingerprint density at radius 3 is 2.61 bits per heavy atom. The average molecular weight is 331 g/mol. The van der Waals surface area contributed by atoms with Crippen molar-refractivity contribution in [2.45, 2.75) is 45.4 Å². The summed E-state index contributed by atoms with van der Waals surface area (Å²) in [7, 11) is 0. The maximum Gasteiger partial charge on any atom is 0.0897 e. The number of hydrogen-bond acceptors (Lipinski definition) is 5. The lowest BCUT2D eigenvalue weighted by Crippen LogP contribution is -2.35. The summed E-state index contributed by atoms with van der Waals surface area (Å²) < 4.78 is 0. The van der Waals surface area contributed by atoms with Gasteiger partial charge in [0.2, 0.25) is 0 Å². The third kappa shape index (κ3) is 4.31. The molecule has 1 aromatic heterocycles. The number of aliphatic hydroxyl groups excluding tert-OH is 1. The molecule has 4 nitrogen and oxygen atoms in total. The number of thiazole rings is 1. The second kappa shape index (κ2) is 7.43. The lowest BCUT2D eigenvalue weighted by atomic mass is 10.0. The number of nitrogens with one attached hydrogen (secondary N) is 1. The first-order valence-electron chi connectivity index (χ1n) is 8.29. The van der Waals surface area contributed by atoms with Crippen molar-refractivity contribution in [2.75, 3.05) is 18.0 Å². The monoisotopic (exact) mass is 331 g/mol. The summed E-state index contributed by atoms with van der Waals surface area (Å²) in [6.07, 6.45) is 3.57. The molecule has 1 aliphatic rings. The summed E-state index contributed by atoms with van der Waals surface area (Å²) in [6.45, 7) is 6.98. The van der Waals surface area contributed by atoms with Crippen LogP contribution in [0.4, 0.5) is 5.69 Å². The molecule has 1 saturated heterocycles. The van der Waals surface area contributed by atoms with E-state index >= 15 is 0 Å². The fourth-order valence-corrected chi connectivity index (χ4v) is 3.70. The molecule has 23 heavy (non-hydrogen) atoms. The van der Waals surface area contributed by atoms with Crippen LogP contribution in [-0.2, 0) is 6.54 Å². The number of anilines is 1. The maximum absolute atomic E-state index is 9.61. The van der Waals surface area contributed by atoms with E-state index in [-0.39, 0.29) is 6.10 Å². The molecule has 124 valence electrons. The van der Waals surface area contributed by atoms with Crippen LogP contribution in [-0.4, -0.2) is 29.3 Å². The Morgan fingerprint density at radius 2 is 2.00 bits per heavy atom. The fraction of sp³-hybridized carbons (Fsp3) is 0.500. The van der Waals surface area contributed by atoms with Gasteiger partial charge in [-0.2, -0.15) is 0 Å². The molecule has 0 amide bonds. The molecular formula is C18H25N3OS. The molecule has 2 heterocycles. The van der Waals surface area contributed by atoms with Gasteiger partial charge in [-0.25, -0.2) is 4.98 Å². The van der Waals surface area contributed by atoms with E-state index in [1.165, 1.54) is 16.1 Å². The molecule has 0 bridgehead atoms. The molecule has 1 unspecified atom stereocenters. The Labute approximate surface area is 142 Å². The highest BCUT2D eigenvalue weighted by molar-refractivity contribution is 7.11. The molecule has 0 spiro atoms. The van der Waals surface area contributed by atoms with Crippen molar-refractivity contribution in [1.29, 1.82) is 0 Å². The van der Waals surface area contributed by atoms with Crippen LogP contribution in [0.25, 0.3) is 0 Å². The number of aryl methyl sites for hydroxylation is 1. The molecule has 2 N–H and O–H groups in total. The summed E-state index contributed by atoms with van der Waals surface area (Å²) in [4.78, 5) is 7.92. The van der Waals surface area contributed by atoms with E-state index in [0.717, 1.165) is 37.5 Å². The molecule has 1 atom stereocenters. The number of hydrogen-bond donors (Lipinski definition) is 2. The fourth-order valence-electron chi connectivity index (χ4n) is 2.96. The van der Waals surface area contributed by atoms with E-state index in [1.807, 2.05) is 13.1 Å². The predicted molar refractivity (Wildman–Crippen MR) is 96.0 cm³/mol. The summed E-state index contributed by atoms with van der Waals surface area (Å²) in [5, 5.41) is 14.3. The highest BCUT2D eigenvalue weighted by Gasteiger charge is 2.17. The molecule has 3 rings (SSSR count). The van der Waals surface area contributed by atoms with Crippen molar-refractivity contribution in [2.24, 2.45) is 0 Å². The van der Waals surface area contributed by atoms with Crippen LogP contribution in [0.15, 0.2) is 30.5 Å². The van der Waals surface area contributed by atoms with E-state index in [2.05, 4.69) is 46.4 Å². The van der Waals surface area contributed by atoms with Crippen LogP contribution in [0.5, 0.6) is 0 Å². The Morgan fingerprint density at radius 1 is 1.30 bits per heavy atom. The minimum absolute atomic E-state index is 0.120. The van der Waals surface area contributed by atoms with Crippen LogP contribution in [0, 0.1) is 6.92 Å². The van der Waals surface area contributed by atoms with Crippen LogP contribution in [0.1, 0.15) is 41.3 Å². The van der Waals surface area contributed by atoms with Gasteiger partial charge in [0.15, 0.2) is 0 Å². The van der Waals surface area contributed by atoms with Crippen LogP contribution in [0.3, 0.4) is 0 Å². The van der Waals surface area contributed by atoms with E-state index in [0.29, 0.717) is 6.04 Å². The van der Waals surface area contributed by atoms with Crippen LogP contribution >= 0.6 is 11.3 Å². The van der Waals surface area contributed by atoms with Gasteiger partial charge in [-0.1, -0.05) is 12.1 Å². The second-order valence-electron chi connectivity index (χ2n) is 6.26. The zero-order chi connectivity index (χ0) is 16.2. The molecule has 2 aromatic rings. The summed E-state index contributed by atoms with van der Waals surface area (Å²) in [5.74, 6) is 0. The molecule has 0 saturated carbocycles. The molecule has 5 heteroatoms. The summed E-state index contributed by atoms with van der Waals surface area (Å²) >= 11 is 1.75. The van der Waals surface area contributed by atoms with Crippen molar-refractivity contribution in [3.05, 3.63) is 45.9 Å². The molecule has 0 aliphatic carbocycles. The quantitative estimate of drug-likeness (QED) is 0.883. The van der Waals surface area contributed by atoms with Crippen LogP contribution in [0.2, 0.25) is 0 Å². The molecule has 1 fully saturated rings. The van der Waals surface area contributed by atoms with Gasteiger partial charge in [-0.3, -0.25) is 0 Å². The number of rotatable bonds is 5. The lowest BCUT2D eigenvalue weighted by molar-refractivity contribution is 0.145. The first-order chi connectivity index (χ1) is 11.1. The van der Waals surface area contributed by atoms with Gasteiger partial charge in [0.05, 0.1) is 11.1 Å². The molecule has 0 radical (unpaired) electrons. The predicted octanol–water partition coefficient (Wildman–Crippen LogP) is 3.26. The molecular weight excluding hydrogens is 306 g/mol. The van der Waals surface area contributed by atoms with Gasteiger partial charge in [-0.15, -0.1) is 11.3 Å². The Hall–Kier alpha value is -1.43. The smallest absolute Gasteiger partial charge is 0.0897 e. The minimum atomic E-state index is -0.120. The van der Waals surface area contributed by atoms with Crippen molar-refractivity contribution in [3.63, 3.8) is 0 Å². The van der Waals surface area contributed by atoms with Gasteiger partial charge in [-0.05, 0) is 44.4 Å². The zero-order valence-corrected chi connectivity index (χ0v) is 14.6. The van der Waals surface area contributed by atoms with E-state index in [9.17, 15) is 5.11 Å². The van der Waals surface area contributed by atoms with Crippen molar-refractivity contribution in [1.82, 2.24) is 10.3 Å². The van der Waals surface area contributed by atoms with Gasteiger partial charge in [0, 0.05) is 42.4 Å². The Balaban J connectivity index is 1.55. The highest BCUT2D eigenvalue weighted by Crippen LogP contribution is 2.23. The van der Waals surface area contributed by atoms with Crippen molar-refractivity contribution >= 4 is 17.0 Å². The topological polar surface area (TPSA) is 48.4 Å². The van der Waals surface area contributed by atoms with Gasteiger partial charge in [0.25, 0.3) is 0 Å². The van der Waals surface area contributed by atoms with Crippen molar-refractivity contribution < 1.29 is 5.11 Å². The lowest BCUT2D eigenvalue weighted by Gasteiger charge is -2.31. The third-order valence-corrected chi connectivity index (χ3v) is 5.39. The number of benzene rings is 1. The van der Waals surface area contributed by atoms with Crippen LogP contribution < -0.4 is 10.2 Å². The molecule has 1 aliphatic heterocycles. The second-order valence-corrected chi connectivity index (χ2v) is 7.58. The number of aliphatic hydroxyl groups is 1. The van der Waals surface area contributed by atoms with E-state index < -0.39 is 0 Å².